The maximum Gasteiger partial charge on any atom is 0.245 e. The zero-order valence-electron chi connectivity index (χ0n) is 21.6. The van der Waals surface area contributed by atoms with Gasteiger partial charge in [-0.25, -0.2) is 0 Å². The van der Waals surface area contributed by atoms with Crippen LogP contribution >= 0.6 is 0 Å². The second kappa shape index (κ2) is 11.3. The average molecular weight is 477 g/mol. The van der Waals surface area contributed by atoms with E-state index in [0.29, 0.717) is 0 Å². The van der Waals surface area contributed by atoms with Crippen molar-refractivity contribution in [2.45, 2.75) is 83.8 Å². The predicted molar refractivity (Wildman–Crippen MR) is 140 cm³/mol. The molecule has 1 aliphatic heterocycles. The van der Waals surface area contributed by atoms with Crippen LogP contribution in [0, 0.1) is 19.8 Å². The van der Waals surface area contributed by atoms with Gasteiger partial charge in [-0.05, 0) is 89.2 Å². The molecule has 2 fully saturated rings. The highest BCUT2D eigenvalue weighted by molar-refractivity contribution is 5.90. The molecule has 6 heteroatoms. The standard InChI is InChI=1S/C29H40N4O2/c1-19-15-20(2)17-24(16-19)25-18-23(12-13-31-25)26-11-8-14-33(26)29(35)27(22-9-6-5-7-10-22)32-28(34)21(3)30-4/h12-13,15-18,21-22,26-27,30H,5-11,14H2,1-4H3,(H,32,34). The fraction of sp³-hybridized carbons (Fsp3) is 0.552. The number of nitrogens with zero attached hydrogens (tertiary/aromatic N) is 2. The zero-order valence-corrected chi connectivity index (χ0v) is 21.6. The molecular weight excluding hydrogens is 436 g/mol. The quantitative estimate of drug-likeness (QED) is 0.607. The van der Waals surface area contributed by atoms with Gasteiger partial charge < -0.3 is 15.5 Å². The molecule has 1 saturated heterocycles. The van der Waals surface area contributed by atoms with E-state index in [2.05, 4.69) is 53.7 Å². The van der Waals surface area contributed by atoms with E-state index in [0.717, 1.165) is 61.9 Å². The zero-order chi connectivity index (χ0) is 24.9. The maximum absolute atomic E-state index is 14.0. The summed E-state index contributed by atoms with van der Waals surface area (Å²) in [6, 6.07) is 9.90. The molecule has 3 unspecified atom stereocenters. The van der Waals surface area contributed by atoms with Crippen molar-refractivity contribution in [2.24, 2.45) is 5.92 Å². The van der Waals surface area contributed by atoms with E-state index in [1.807, 2.05) is 24.1 Å². The van der Waals surface area contributed by atoms with Gasteiger partial charge in [0.2, 0.25) is 11.8 Å². The van der Waals surface area contributed by atoms with Crippen LogP contribution < -0.4 is 10.6 Å². The molecule has 0 bridgehead atoms. The lowest BCUT2D eigenvalue weighted by Gasteiger charge is -2.35. The van der Waals surface area contributed by atoms with Gasteiger partial charge in [0.05, 0.1) is 17.8 Å². The second-order valence-corrected chi connectivity index (χ2v) is 10.4. The van der Waals surface area contributed by atoms with Gasteiger partial charge in [-0.3, -0.25) is 14.6 Å². The first-order valence-corrected chi connectivity index (χ1v) is 13.2. The minimum Gasteiger partial charge on any atom is -0.343 e. The number of aryl methyl sites for hydroxylation is 2. The molecule has 4 rings (SSSR count). The fourth-order valence-electron chi connectivity index (χ4n) is 5.75. The Kier molecular flexibility index (Phi) is 8.22. The Bertz CT molecular complexity index is 1030. The molecule has 188 valence electrons. The van der Waals surface area contributed by atoms with E-state index in [1.54, 1.807) is 7.05 Å². The third-order valence-electron chi connectivity index (χ3n) is 7.73. The maximum atomic E-state index is 14.0. The van der Waals surface area contributed by atoms with Crippen LogP contribution in [0.1, 0.15) is 74.6 Å². The lowest BCUT2D eigenvalue weighted by atomic mass is 9.83. The van der Waals surface area contributed by atoms with Crippen LogP contribution in [0.3, 0.4) is 0 Å². The smallest absolute Gasteiger partial charge is 0.245 e. The number of amides is 2. The Labute approximate surface area is 209 Å². The van der Waals surface area contributed by atoms with Crippen LogP contribution in [0.4, 0.5) is 0 Å². The van der Waals surface area contributed by atoms with E-state index < -0.39 is 6.04 Å². The van der Waals surface area contributed by atoms with Crippen LogP contribution in [0.2, 0.25) is 0 Å². The van der Waals surface area contributed by atoms with Crippen LogP contribution in [-0.2, 0) is 9.59 Å². The van der Waals surface area contributed by atoms with Gasteiger partial charge in [-0.2, -0.15) is 0 Å². The van der Waals surface area contributed by atoms with Crippen LogP contribution in [0.5, 0.6) is 0 Å². The fourth-order valence-corrected chi connectivity index (χ4v) is 5.75. The van der Waals surface area contributed by atoms with E-state index in [9.17, 15) is 9.59 Å². The molecule has 2 aliphatic rings. The van der Waals surface area contributed by atoms with Gasteiger partial charge in [0.1, 0.15) is 6.04 Å². The van der Waals surface area contributed by atoms with Crippen molar-refractivity contribution in [3.8, 4) is 11.3 Å². The van der Waals surface area contributed by atoms with E-state index >= 15 is 0 Å². The number of hydrogen-bond donors (Lipinski definition) is 2. The summed E-state index contributed by atoms with van der Waals surface area (Å²) in [4.78, 5) is 33.5. The lowest BCUT2D eigenvalue weighted by molar-refractivity contribution is -0.139. The van der Waals surface area contributed by atoms with Crippen molar-refractivity contribution < 1.29 is 9.59 Å². The molecule has 2 N–H and O–H groups in total. The van der Waals surface area contributed by atoms with Crippen molar-refractivity contribution >= 4 is 11.8 Å². The molecule has 35 heavy (non-hydrogen) atoms. The molecule has 1 aromatic heterocycles. The predicted octanol–water partition coefficient (Wildman–Crippen LogP) is 4.70. The van der Waals surface area contributed by atoms with Crippen molar-refractivity contribution in [1.82, 2.24) is 20.5 Å². The molecule has 2 aromatic rings. The molecule has 1 aliphatic carbocycles. The number of nitrogens with one attached hydrogen (secondary N) is 2. The first-order valence-electron chi connectivity index (χ1n) is 13.2. The molecule has 1 saturated carbocycles. The minimum absolute atomic E-state index is 0.0138. The van der Waals surface area contributed by atoms with Crippen molar-refractivity contribution in [3.05, 3.63) is 53.2 Å². The number of aromatic nitrogens is 1. The SMILES string of the molecule is CNC(C)C(=O)NC(C(=O)N1CCCC1c1ccnc(-c2cc(C)cc(C)c2)c1)C1CCCCC1. The number of rotatable bonds is 7. The third-order valence-corrected chi connectivity index (χ3v) is 7.73. The summed E-state index contributed by atoms with van der Waals surface area (Å²) < 4.78 is 0. The number of hydrogen-bond acceptors (Lipinski definition) is 4. The molecule has 0 spiro atoms. The molecule has 0 radical (unpaired) electrons. The number of carbonyl (C=O) groups excluding carboxylic acids is 2. The van der Waals surface area contributed by atoms with E-state index in [4.69, 9.17) is 0 Å². The Hall–Kier alpha value is -2.73. The number of likely N-dealkylation sites (N-methyl/N-ethyl adjacent to an activating group) is 1. The normalized spacial score (nSPS) is 20.5. The van der Waals surface area contributed by atoms with Gasteiger partial charge in [0.25, 0.3) is 0 Å². The van der Waals surface area contributed by atoms with Crippen molar-refractivity contribution in [3.63, 3.8) is 0 Å². The topological polar surface area (TPSA) is 74.3 Å². The first-order chi connectivity index (χ1) is 16.9. The van der Waals surface area contributed by atoms with Crippen LogP contribution in [0.25, 0.3) is 11.3 Å². The number of benzene rings is 1. The molecule has 2 amide bonds. The van der Waals surface area contributed by atoms with Gasteiger partial charge in [-0.1, -0.05) is 36.5 Å². The second-order valence-electron chi connectivity index (χ2n) is 10.4. The first kappa shape index (κ1) is 25.4. The molecule has 1 aromatic carbocycles. The van der Waals surface area contributed by atoms with Gasteiger partial charge in [-0.15, -0.1) is 0 Å². The minimum atomic E-state index is -0.458. The van der Waals surface area contributed by atoms with E-state index in [-0.39, 0.29) is 29.8 Å². The number of carbonyl (C=O) groups is 2. The summed E-state index contributed by atoms with van der Waals surface area (Å²) in [5.41, 5.74) is 5.60. The Balaban J connectivity index is 1.59. The number of pyridine rings is 1. The highest BCUT2D eigenvalue weighted by Crippen LogP contribution is 2.36. The summed E-state index contributed by atoms with van der Waals surface area (Å²) in [5, 5.41) is 6.13. The average Bonchev–Trinajstić information content (AvgIpc) is 3.36. The molecule has 2 heterocycles. The summed E-state index contributed by atoms with van der Waals surface area (Å²) in [7, 11) is 1.77. The van der Waals surface area contributed by atoms with Crippen LogP contribution in [-0.4, -0.2) is 47.4 Å². The Morgan fingerprint density at radius 1 is 1.00 bits per heavy atom. The summed E-state index contributed by atoms with van der Waals surface area (Å²) in [5.74, 6) is 0.169. The summed E-state index contributed by atoms with van der Waals surface area (Å²) in [6.45, 7) is 6.77. The monoisotopic (exact) mass is 476 g/mol. The Morgan fingerprint density at radius 2 is 1.71 bits per heavy atom. The Morgan fingerprint density at radius 3 is 2.40 bits per heavy atom. The largest absolute Gasteiger partial charge is 0.343 e. The lowest BCUT2D eigenvalue weighted by Crippen LogP contribution is -2.55. The highest BCUT2D eigenvalue weighted by atomic mass is 16.2. The molecule has 6 nitrogen and oxygen atoms in total. The van der Waals surface area contributed by atoms with Gasteiger partial charge in [0.15, 0.2) is 0 Å². The third kappa shape index (κ3) is 5.92. The molecule has 3 atom stereocenters. The van der Waals surface area contributed by atoms with Gasteiger partial charge in [0, 0.05) is 18.3 Å². The number of likely N-dealkylation sites (tertiary alicyclic amines) is 1. The molecular formula is C29H40N4O2. The highest BCUT2D eigenvalue weighted by Gasteiger charge is 2.39. The van der Waals surface area contributed by atoms with Gasteiger partial charge >= 0.3 is 0 Å². The summed E-state index contributed by atoms with van der Waals surface area (Å²) in [6.07, 6.45) is 9.21. The van der Waals surface area contributed by atoms with Crippen LogP contribution in [0.15, 0.2) is 36.5 Å². The summed E-state index contributed by atoms with van der Waals surface area (Å²) >= 11 is 0. The van der Waals surface area contributed by atoms with Crippen molar-refractivity contribution in [1.29, 1.82) is 0 Å². The van der Waals surface area contributed by atoms with Crippen molar-refractivity contribution in [2.75, 3.05) is 13.6 Å². The van der Waals surface area contributed by atoms with E-state index in [1.165, 1.54) is 17.5 Å².